The van der Waals surface area contributed by atoms with Crippen molar-refractivity contribution in [2.24, 2.45) is 5.73 Å². The van der Waals surface area contributed by atoms with E-state index in [1.165, 1.54) is 0 Å². The molecule has 0 heterocycles. The lowest BCUT2D eigenvalue weighted by molar-refractivity contribution is 0.0507. The number of rotatable bonds is 3. The smallest absolute Gasteiger partial charge is 0.407 e. The van der Waals surface area contributed by atoms with E-state index in [2.05, 4.69) is 11.4 Å². The summed E-state index contributed by atoms with van der Waals surface area (Å²) >= 11 is 6.17. The van der Waals surface area contributed by atoms with E-state index in [1.54, 1.807) is 0 Å². The van der Waals surface area contributed by atoms with E-state index in [4.69, 9.17) is 22.1 Å². The van der Waals surface area contributed by atoms with Gasteiger partial charge in [0.1, 0.15) is 5.60 Å². The molecule has 128 valence electrons. The lowest BCUT2D eigenvalue weighted by Crippen LogP contribution is -2.46. The fourth-order valence-electron chi connectivity index (χ4n) is 3.13. The van der Waals surface area contributed by atoms with Gasteiger partial charge in [0.25, 0.3) is 0 Å². The third-order valence-electron chi connectivity index (χ3n) is 4.39. The number of benzene rings is 1. The minimum Gasteiger partial charge on any atom is -0.444 e. The fourth-order valence-corrected chi connectivity index (χ4v) is 3.32. The molecule has 1 aliphatic carbocycles. The molecule has 0 aliphatic heterocycles. The summed E-state index contributed by atoms with van der Waals surface area (Å²) in [7, 11) is 0. The van der Waals surface area contributed by atoms with Gasteiger partial charge in [-0.05, 0) is 64.2 Å². The predicted molar refractivity (Wildman–Crippen MR) is 93.8 cm³/mol. The summed E-state index contributed by atoms with van der Waals surface area (Å²) in [4.78, 5) is 12.0. The summed E-state index contributed by atoms with van der Waals surface area (Å²) in [5.74, 6) is 0. The zero-order valence-corrected chi connectivity index (χ0v) is 15.0. The van der Waals surface area contributed by atoms with E-state index < -0.39 is 5.60 Å². The Kier molecular flexibility index (Phi) is 5.58. The van der Waals surface area contributed by atoms with Gasteiger partial charge in [-0.15, -0.1) is 0 Å². The van der Waals surface area contributed by atoms with Gasteiger partial charge in [-0.3, -0.25) is 0 Å². The van der Waals surface area contributed by atoms with Crippen molar-refractivity contribution in [2.45, 2.75) is 63.5 Å². The van der Waals surface area contributed by atoms with Gasteiger partial charge in [0.2, 0.25) is 0 Å². The van der Waals surface area contributed by atoms with Crippen molar-refractivity contribution in [1.82, 2.24) is 5.32 Å². The van der Waals surface area contributed by atoms with Crippen molar-refractivity contribution < 1.29 is 9.53 Å². The Balaban J connectivity index is 2.14. The topological polar surface area (TPSA) is 64.3 Å². The summed E-state index contributed by atoms with van der Waals surface area (Å²) < 4.78 is 5.35. The van der Waals surface area contributed by atoms with Crippen LogP contribution >= 0.6 is 11.6 Å². The average molecular weight is 339 g/mol. The van der Waals surface area contributed by atoms with Crippen LogP contribution in [0.3, 0.4) is 0 Å². The van der Waals surface area contributed by atoms with E-state index in [0.29, 0.717) is 11.6 Å². The predicted octanol–water partition coefficient (Wildman–Crippen LogP) is 4.00. The van der Waals surface area contributed by atoms with Gasteiger partial charge in [0.15, 0.2) is 0 Å². The average Bonchev–Trinajstić information content (AvgIpc) is 2.45. The second kappa shape index (κ2) is 7.10. The maximum absolute atomic E-state index is 12.0. The van der Waals surface area contributed by atoms with Crippen LogP contribution in [0.5, 0.6) is 0 Å². The van der Waals surface area contributed by atoms with Crippen molar-refractivity contribution in [3.8, 4) is 0 Å². The van der Waals surface area contributed by atoms with E-state index in [-0.39, 0.29) is 17.6 Å². The monoisotopic (exact) mass is 338 g/mol. The molecule has 1 aromatic rings. The SMILES string of the molecule is CC(C)(C)OC(=O)NCC1(c2cccc(Cl)c2)CCC(N)CC1. The Bertz CT molecular complexity index is 546. The Morgan fingerprint density at radius 3 is 2.61 bits per heavy atom. The van der Waals surface area contributed by atoms with E-state index >= 15 is 0 Å². The van der Waals surface area contributed by atoms with Crippen LogP contribution in [0.4, 0.5) is 4.79 Å². The Morgan fingerprint density at radius 2 is 2.04 bits per heavy atom. The summed E-state index contributed by atoms with van der Waals surface area (Å²) in [6, 6.07) is 8.15. The first-order valence-corrected chi connectivity index (χ1v) is 8.56. The molecule has 0 radical (unpaired) electrons. The Labute approximate surface area is 143 Å². The van der Waals surface area contributed by atoms with Gasteiger partial charge < -0.3 is 15.8 Å². The van der Waals surface area contributed by atoms with E-state index in [0.717, 1.165) is 31.2 Å². The number of nitrogens with two attached hydrogens (primary N) is 1. The van der Waals surface area contributed by atoms with Crippen LogP contribution in [-0.2, 0) is 10.2 Å². The van der Waals surface area contributed by atoms with Crippen LogP contribution in [0.15, 0.2) is 24.3 Å². The molecule has 0 unspecified atom stereocenters. The number of carbonyl (C=O) groups is 1. The van der Waals surface area contributed by atoms with Crippen molar-refractivity contribution in [2.75, 3.05) is 6.54 Å². The normalized spacial score (nSPS) is 25.0. The lowest BCUT2D eigenvalue weighted by Gasteiger charge is -2.40. The highest BCUT2D eigenvalue weighted by Crippen LogP contribution is 2.39. The molecule has 4 nitrogen and oxygen atoms in total. The molecule has 23 heavy (non-hydrogen) atoms. The number of nitrogens with one attached hydrogen (secondary N) is 1. The number of ether oxygens (including phenoxy) is 1. The minimum atomic E-state index is -0.498. The third kappa shape index (κ3) is 5.11. The molecule has 1 saturated carbocycles. The highest BCUT2D eigenvalue weighted by Gasteiger charge is 2.36. The number of hydrogen-bond donors (Lipinski definition) is 2. The molecular weight excluding hydrogens is 312 g/mol. The number of alkyl carbamates (subject to hydrolysis) is 1. The van der Waals surface area contributed by atoms with E-state index in [1.807, 2.05) is 39.0 Å². The Hall–Kier alpha value is -1.26. The van der Waals surface area contributed by atoms with Crippen molar-refractivity contribution in [3.63, 3.8) is 0 Å². The number of halogens is 1. The molecule has 3 N–H and O–H groups in total. The molecule has 1 aromatic carbocycles. The van der Waals surface area contributed by atoms with Crippen LogP contribution in [0, 0.1) is 0 Å². The molecule has 1 aliphatic rings. The third-order valence-corrected chi connectivity index (χ3v) is 4.63. The summed E-state index contributed by atoms with van der Waals surface area (Å²) in [6.45, 7) is 6.12. The molecule has 1 amide bonds. The molecule has 0 bridgehead atoms. The molecule has 1 fully saturated rings. The van der Waals surface area contributed by atoms with Gasteiger partial charge in [0, 0.05) is 23.0 Å². The summed E-state index contributed by atoms with van der Waals surface area (Å²) in [5, 5.41) is 3.65. The maximum atomic E-state index is 12.0. The first-order valence-electron chi connectivity index (χ1n) is 8.19. The highest BCUT2D eigenvalue weighted by molar-refractivity contribution is 6.30. The quantitative estimate of drug-likeness (QED) is 0.875. The second-order valence-corrected chi connectivity index (χ2v) is 7.92. The standard InChI is InChI=1S/C18H27ClN2O2/c1-17(2,3)23-16(22)21-12-18(9-7-15(20)8-10-18)13-5-4-6-14(19)11-13/h4-6,11,15H,7-10,12,20H2,1-3H3,(H,21,22). The van der Waals surface area contributed by atoms with Gasteiger partial charge in [-0.2, -0.15) is 0 Å². The van der Waals surface area contributed by atoms with Crippen molar-refractivity contribution in [3.05, 3.63) is 34.9 Å². The number of hydrogen-bond acceptors (Lipinski definition) is 3. The second-order valence-electron chi connectivity index (χ2n) is 7.48. The molecule has 2 rings (SSSR count). The highest BCUT2D eigenvalue weighted by atomic mass is 35.5. The van der Waals surface area contributed by atoms with Crippen LogP contribution in [0.1, 0.15) is 52.0 Å². The van der Waals surface area contributed by atoms with Crippen LogP contribution in [0.2, 0.25) is 5.02 Å². The molecular formula is C18H27ClN2O2. The Morgan fingerprint density at radius 1 is 1.39 bits per heavy atom. The molecule has 0 saturated heterocycles. The van der Waals surface area contributed by atoms with Gasteiger partial charge in [-0.1, -0.05) is 23.7 Å². The van der Waals surface area contributed by atoms with Gasteiger partial charge in [-0.25, -0.2) is 4.79 Å². The largest absolute Gasteiger partial charge is 0.444 e. The lowest BCUT2D eigenvalue weighted by atomic mass is 9.68. The zero-order chi connectivity index (χ0) is 17.1. The molecule has 5 heteroatoms. The first-order chi connectivity index (χ1) is 10.7. The molecule has 0 aromatic heterocycles. The zero-order valence-electron chi connectivity index (χ0n) is 14.2. The molecule has 0 atom stereocenters. The van der Waals surface area contributed by atoms with Gasteiger partial charge >= 0.3 is 6.09 Å². The fraction of sp³-hybridized carbons (Fsp3) is 0.611. The number of carbonyl (C=O) groups excluding carboxylic acids is 1. The summed E-state index contributed by atoms with van der Waals surface area (Å²) in [6.07, 6.45) is 3.38. The molecule has 0 spiro atoms. The van der Waals surface area contributed by atoms with Crippen molar-refractivity contribution >= 4 is 17.7 Å². The van der Waals surface area contributed by atoms with Gasteiger partial charge in [0.05, 0.1) is 0 Å². The van der Waals surface area contributed by atoms with E-state index in [9.17, 15) is 4.79 Å². The van der Waals surface area contributed by atoms with Crippen LogP contribution in [-0.4, -0.2) is 24.3 Å². The summed E-state index contributed by atoms with van der Waals surface area (Å²) in [5.41, 5.74) is 6.60. The minimum absolute atomic E-state index is 0.127. The van der Waals surface area contributed by atoms with Crippen molar-refractivity contribution in [1.29, 1.82) is 0 Å². The maximum Gasteiger partial charge on any atom is 0.407 e. The number of amides is 1. The first kappa shape index (κ1) is 18.1. The van der Waals surface area contributed by atoms with Crippen LogP contribution in [0.25, 0.3) is 0 Å². The van der Waals surface area contributed by atoms with Crippen LogP contribution < -0.4 is 11.1 Å².